The van der Waals surface area contributed by atoms with Gasteiger partial charge in [-0.3, -0.25) is 0 Å². The molecular formula is C20H19NO2. The van der Waals surface area contributed by atoms with Gasteiger partial charge in [-0.25, -0.2) is 4.79 Å². The molecule has 0 aromatic heterocycles. The van der Waals surface area contributed by atoms with E-state index in [9.17, 15) is 4.79 Å². The van der Waals surface area contributed by atoms with Crippen molar-refractivity contribution < 1.29 is 9.53 Å². The molecule has 23 heavy (non-hydrogen) atoms. The minimum Gasteiger partial charge on any atom is -0.445 e. The van der Waals surface area contributed by atoms with Crippen LogP contribution < -0.4 is 5.32 Å². The van der Waals surface area contributed by atoms with Crippen LogP contribution in [0.3, 0.4) is 0 Å². The summed E-state index contributed by atoms with van der Waals surface area (Å²) < 4.78 is 5.13. The number of carbonyl (C=O) groups excluding carboxylic acids is 1. The summed E-state index contributed by atoms with van der Waals surface area (Å²) >= 11 is 0. The number of rotatable bonds is 4. The highest BCUT2D eigenvalue weighted by atomic mass is 16.5. The number of benzene rings is 2. The van der Waals surface area contributed by atoms with Crippen LogP contribution >= 0.6 is 0 Å². The molecule has 2 aromatic carbocycles. The largest absolute Gasteiger partial charge is 0.445 e. The van der Waals surface area contributed by atoms with Gasteiger partial charge in [0.15, 0.2) is 0 Å². The molecule has 0 fully saturated rings. The third-order valence-electron chi connectivity index (χ3n) is 3.83. The maximum absolute atomic E-state index is 11.6. The quantitative estimate of drug-likeness (QED) is 0.694. The predicted molar refractivity (Wildman–Crippen MR) is 90.0 cm³/mol. The van der Waals surface area contributed by atoms with E-state index in [1.54, 1.807) is 0 Å². The second-order valence-electron chi connectivity index (χ2n) is 5.52. The lowest BCUT2D eigenvalue weighted by molar-refractivity contribution is 0.140. The normalized spacial score (nSPS) is 11.5. The number of fused-ring (bicyclic) bond motifs is 1. The van der Waals surface area contributed by atoms with Crippen LogP contribution in [0.25, 0.3) is 0 Å². The van der Waals surface area contributed by atoms with Crippen LogP contribution in [0.4, 0.5) is 4.79 Å². The fraction of sp³-hybridized carbons (Fsp3) is 0.250. The number of amides is 1. The van der Waals surface area contributed by atoms with Gasteiger partial charge in [0.25, 0.3) is 0 Å². The van der Waals surface area contributed by atoms with Crippen LogP contribution in [0.1, 0.15) is 28.7 Å². The first-order valence-corrected chi connectivity index (χ1v) is 7.86. The zero-order valence-electron chi connectivity index (χ0n) is 13.0. The van der Waals surface area contributed by atoms with Crippen LogP contribution in [0.2, 0.25) is 0 Å². The Morgan fingerprint density at radius 3 is 2.65 bits per heavy atom. The van der Waals surface area contributed by atoms with Gasteiger partial charge >= 0.3 is 6.09 Å². The van der Waals surface area contributed by atoms with Crippen LogP contribution in [0.15, 0.2) is 48.5 Å². The minimum absolute atomic E-state index is 0.285. The fourth-order valence-electron chi connectivity index (χ4n) is 2.44. The summed E-state index contributed by atoms with van der Waals surface area (Å²) in [6.07, 6.45) is 2.56. The maximum Gasteiger partial charge on any atom is 0.407 e. The highest BCUT2D eigenvalue weighted by molar-refractivity contribution is 5.67. The van der Waals surface area contributed by atoms with Crippen molar-refractivity contribution in [2.45, 2.75) is 25.9 Å². The second-order valence-corrected chi connectivity index (χ2v) is 5.52. The summed E-state index contributed by atoms with van der Waals surface area (Å²) in [7, 11) is 0. The van der Waals surface area contributed by atoms with Gasteiger partial charge in [-0.05, 0) is 41.7 Å². The van der Waals surface area contributed by atoms with E-state index < -0.39 is 6.09 Å². The van der Waals surface area contributed by atoms with Crippen molar-refractivity contribution in [3.8, 4) is 11.8 Å². The van der Waals surface area contributed by atoms with Gasteiger partial charge in [0.2, 0.25) is 0 Å². The maximum atomic E-state index is 11.6. The molecule has 0 radical (unpaired) electrons. The number of ether oxygens (including phenoxy) is 1. The highest BCUT2D eigenvalue weighted by Gasteiger charge is 2.11. The molecule has 1 aliphatic rings. The Morgan fingerprint density at radius 2 is 1.91 bits per heavy atom. The first-order chi connectivity index (χ1) is 11.3. The molecule has 2 aromatic rings. The minimum atomic E-state index is -0.406. The molecule has 0 saturated carbocycles. The third kappa shape index (κ3) is 4.37. The molecule has 0 unspecified atom stereocenters. The summed E-state index contributed by atoms with van der Waals surface area (Å²) in [5, 5.41) is 2.71. The molecule has 0 spiro atoms. The Kier molecular flexibility index (Phi) is 4.95. The number of aryl methyl sites for hydroxylation is 2. The Hall–Kier alpha value is -2.73. The Labute approximate surface area is 136 Å². The zero-order valence-corrected chi connectivity index (χ0v) is 13.0. The molecule has 3 heteroatoms. The van der Waals surface area contributed by atoms with Gasteiger partial charge in [-0.15, -0.1) is 0 Å². The van der Waals surface area contributed by atoms with Crippen LogP contribution in [0, 0.1) is 11.8 Å². The SMILES string of the molecule is O=C(NCCC#Cc1ccc2c(c1)CC2)OCc1ccccc1. The summed E-state index contributed by atoms with van der Waals surface area (Å²) in [5.41, 5.74) is 4.89. The van der Waals surface area contributed by atoms with Crippen molar-refractivity contribution >= 4 is 6.09 Å². The summed E-state index contributed by atoms with van der Waals surface area (Å²) in [4.78, 5) is 11.6. The van der Waals surface area contributed by atoms with E-state index in [0.717, 1.165) is 11.1 Å². The van der Waals surface area contributed by atoms with Gasteiger partial charge in [0.1, 0.15) is 6.61 Å². The average Bonchev–Trinajstić information content (AvgIpc) is 2.56. The molecule has 0 saturated heterocycles. The topological polar surface area (TPSA) is 38.3 Å². The van der Waals surface area contributed by atoms with Crippen LogP contribution in [0.5, 0.6) is 0 Å². The van der Waals surface area contributed by atoms with E-state index in [2.05, 4.69) is 35.4 Å². The van der Waals surface area contributed by atoms with E-state index in [4.69, 9.17) is 4.74 Å². The Bertz CT molecular complexity index is 741. The van der Waals surface area contributed by atoms with E-state index in [-0.39, 0.29) is 6.61 Å². The lowest BCUT2D eigenvalue weighted by atomic mass is 9.87. The first kappa shape index (κ1) is 15.2. The molecule has 1 aliphatic carbocycles. The molecule has 0 atom stereocenters. The van der Waals surface area contributed by atoms with E-state index in [1.165, 1.54) is 24.0 Å². The monoisotopic (exact) mass is 305 g/mol. The molecule has 0 bridgehead atoms. The third-order valence-corrected chi connectivity index (χ3v) is 3.83. The molecule has 3 nitrogen and oxygen atoms in total. The molecule has 116 valence electrons. The average molecular weight is 305 g/mol. The van der Waals surface area contributed by atoms with E-state index >= 15 is 0 Å². The lowest BCUT2D eigenvalue weighted by Crippen LogP contribution is -2.24. The van der Waals surface area contributed by atoms with Crippen molar-refractivity contribution in [2.24, 2.45) is 0 Å². The number of hydrogen-bond donors (Lipinski definition) is 1. The second kappa shape index (κ2) is 7.51. The summed E-state index contributed by atoms with van der Waals surface area (Å²) in [6.45, 7) is 0.777. The molecule has 1 amide bonds. The van der Waals surface area contributed by atoms with Crippen molar-refractivity contribution in [3.05, 3.63) is 70.8 Å². The molecule has 1 N–H and O–H groups in total. The van der Waals surface area contributed by atoms with Crippen LogP contribution in [-0.2, 0) is 24.2 Å². The summed E-state index contributed by atoms with van der Waals surface area (Å²) in [5.74, 6) is 6.22. The molecule has 0 aliphatic heterocycles. The number of nitrogens with one attached hydrogen (secondary N) is 1. The van der Waals surface area contributed by atoms with E-state index in [1.807, 2.05) is 30.3 Å². The van der Waals surface area contributed by atoms with Crippen LogP contribution in [-0.4, -0.2) is 12.6 Å². The Balaban J connectivity index is 1.35. The molecular weight excluding hydrogens is 286 g/mol. The van der Waals surface area contributed by atoms with Crippen molar-refractivity contribution in [1.29, 1.82) is 0 Å². The predicted octanol–water partition coefficient (Wildman–Crippen LogP) is 3.45. The van der Waals surface area contributed by atoms with Gasteiger partial charge in [0.05, 0.1) is 0 Å². The smallest absolute Gasteiger partial charge is 0.407 e. The highest BCUT2D eigenvalue weighted by Crippen LogP contribution is 2.23. The first-order valence-electron chi connectivity index (χ1n) is 7.86. The van der Waals surface area contributed by atoms with Crippen molar-refractivity contribution in [2.75, 3.05) is 6.54 Å². The van der Waals surface area contributed by atoms with Crippen molar-refractivity contribution in [1.82, 2.24) is 5.32 Å². The number of carbonyl (C=O) groups is 1. The fourth-order valence-corrected chi connectivity index (χ4v) is 2.44. The van der Waals surface area contributed by atoms with Gasteiger partial charge in [-0.2, -0.15) is 0 Å². The Morgan fingerprint density at radius 1 is 1.09 bits per heavy atom. The summed E-state index contributed by atoms with van der Waals surface area (Å²) in [6, 6.07) is 16.0. The van der Waals surface area contributed by atoms with Crippen molar-refractivity contribution in [3.63, 3.8) is 0 Å². The standard InChI is InChI=1S/C20H19NO2/c22-20(23-15-17-7-2-1-3-8-17)21-13-5-4-6-16-9-10-18-11-12-19(18)14-16/h1-3,7-10,14H,5,11-13,15H2,(H,21,22). The zero-order chi connectivity index (χ0) is 15.9. The number of alkyl carbamates (subject to hydrolysis) is 1. The number of hydrogen-bond acceptors (Lipinski definition) is 2. The van der Waals surface area contributed by atoms with Gasteiger partial charge < -0.3 is 10.1 Å². The molecule has 3 rings (SSSR count). The van der Waals surface area contributed by atoms with Gasteiger partial charge in [0, 0.05) is 18.5 Å². The molecule has 0 heterocycles. The van der Waals surface area contributed by atoms with E-state index in [0.29, 0.717) is 13.0 Å². The van der Waals surface area contributed by atoms with Gasteiger partial charge in [-0.1, -0.05) is 48.2 Å². The lowest BCUT2D eigenvalue weighted by Gasteiger charge is -2.17.